The molecule has 0 aliphatic carbocycles. The zero-order valence-electron chi connectivity index (χ0n) is 21.2. The van der Waals surface area contributed by atoms with Crippen molar-refractivity contribution >= 4 is 22.6 Å². The second-order valence-electron chi connectivity index (χ2n) is 9.25. The Hall–Kier alpha value is -3.99. The quantitative estimate of drug-likeness (QED) is 0.274. The molecule has 1 atom stereocenters. The Labute approximate surface area is 218 Å². The predicted octanol–water partition coefficient (Wildman–Crippen LogP) is 6.08. The molecular formula is C32H33FN2O2. The monoisotopic (exact) mass is 496 g/mol. The van der Waals surface area contributed by atoms with Crippen LogP contribution in [0.1, 0.15) is 36.5 Å². The molecule has 0 spiro atoms. The Balaban J connectivity index is 1.64. The summed E-state index contributed by atoms with van der Waals surface area (Å²) in [5, 5.41) is 5.19. The fraction of sp³-hybridized carbons (Fsp3) is 0.250. The van der Waals surface area contributed by atoms with E-state index in [-0.39, 0.29) is 30.6 Å². The van der Waals surface area contributed by atoms with Gasteiger partial charge in [-0.15, -0.1) is 0 Å². The van der Waals surface area contributed by atoms with Crippen LogP contribution in [0.25, 0.3) is 10.8 Å². The van der Waals surface area contributed by atoms with Gasteiger partial charge in [0.25, 0.3) is 0 Å². The normalized spacial score (nSPS) is 11.7. The molecule has 4 aromatic carbocycles. The lowest BCUT2D eigenvalue weighted by molar-refractivity contribution is -0.141. The summed E-state index contributed by atoms with van der Waals surface area (Å²) >= 11 is 0. The molecule has 5 heteroatoms. The molecule has 0 fully saturated rings. The summed E-state index contributed by atoms with van der Waals surface area (Å²) in [5.41, 5.74) is 2.41. The summed E-state index contributed by atoms with van der Waals surface area (Å²) in [5.74, 6) is -0.786. The van der Waals surface area contributed by atoms with Crippen LogP contribution in [-0.2, 0) is 29.0 Å². The van der Waals surface area contributed by atoms with Crippen molar-refractivity contribution in [2.24, 2.45) is 0 Å². The lowest BCUT2D eigenvalue weighted by Gasteiger charge is -2.32. The molecule has 1 N–H and O–H groups in total. The van der Waals surface area contributed by atoms with Crippen molar-refractivity contribution in [2.45, 2.75) is 45.2 Å². The van der Waals surface area contributed by atoms with Crippen molar-refractivity contribution in [3.63, 3.8) is 0 Å². The van der Waals surface area contributed by atoms with Gasteiger partial charge in [0.2, 0.25) is 11.8 Å². The summed E-state index contributed by atoms with van der Waals surface area (Å²) < 4.78 is 14.7. The van der Waals surface area contributed by atoms with E-state index >= 15 is 0 Å². The summed E-state index contributed by atoms with van der Waals surface area (Å²) in [6.45, 7) is 2.53. The molecule has 2 amide bonds. The van der Waals surface area contributed by atoms with Gasteiger partial charge in [-0.1, -0.05) is 97.9 Å². The van der Waals surface area contributed by atoms with E-state index in [1.54, 1.807) is 23.1 Å². The van der Waals surface area contributed by atoms with Crippen molar-refractivity contribution in [3.8, 4) is 0 Å². The smallest absolute Gasteiger partial charge is 0.243 e. The second-order valence-corrected chi connectivity index (χ2v) is 9.25. The Kier molecular flexibility index (Phi) is 9.03. The summed E-state index contributed by atoms with van der Waals surface area (Å²) in [7, 11) is 0. The molecule has 4 rings (SSSR count). The SMILES string of the molecule is CCCNC(=O)[C@H](Cc1ccccc1)N(Cc1ccccc1F)C(=O)CCc1cccc2ccccc12. The van der Waals surface area contributed by atoms with E-state index < -0.39 is 6.04 Å². The summed E-state index contributed by atoms with van der Waals surface area (Å²) in [6, 6.07) is 29.5. The number of benzene rings is 4. The number of carbonyl (C=O) groups excluding carboxylic acids is 2. The zero-order chi connectivity index (χ0) is 26.0. The Morgan fingerprint density at radius 3 is 2.30 bits per heavy atom. The molecule has 4 nitrogen and oxygen atoms in total. The molecular weight excluding hydrogens is 463 g/mol. The van der Waals surface area contributed by atoms with Crippen LogP contribution in [0.5, 0.6) is 0 Å². The first-order chi connectivity index (χ1) is 18.1. The topological polar surface area (TPSA) is 49.4 Å². The first-order valence-corrected chi connectivity index (χ1v) is 12.9. The van der Waals surface area contributed by atoms with Gasteiger partial charge >= 0.3 is 0 Å². The van der Waals surface area contributed by atoms with Gasteiger partial charge in [-0.2, -0.15) is 0 Å². The number of hydrogen-bond donors (Lipinski definition) is 1. The van der Waals surface area contributed by atoms with Gasteiger partial charge in [-0.05, 0) is 40.8 Å². The van der Waals surface area contributed by atoms with Gasteiger partial charge in [-0.25, -0.2) is 4.39 Å². The molecule has 0 aromatic heterocycles. The van der Waals surface area contributed by atoms with Crippen LogP contribution < -0.4 is 5.32 Å². The van der Waals surface area contributed by atoms with Crippen LogP contribution in [0.3, 0.4) is 0 Å². The van der Waals surface area contributed by atoms with E-state index in [1.165, 1.54) is 6.07 Å². The van der Waals surface area contributed by atoms with E-state index in [0.29, 0.717) is 24.9 Å². The first-order valence-electron chi connectivity index (χ1n) is 12.9. The third kappa shape index (κ3) is 6.82. The number of carbonyl (C=O) groups is 2. The number of halogens is 1. The van der Waals surface area contributed by atoms with Crippen LogP contribution in [0.4, 0.5) is 4.39 Å². The number of rotatable bonds is 11. The highest BCUT2D eigenvalue weighted by atomic mass is 19.1. The second kappa shape index (κ2) is 12.8. The van der Waals surface area contributed by atoms with E-state index in [4.69, 9.17) is 0 Å². The van der Waals surface area contributed by atoms with Crippen LogP contribution >= 0.6 is 0 Å². The zero-order valence-corrected chi connectivity index (χ0v) is 21.2. The van der Waals surface area contributed by atoms with Gasteiger partial charge in [0.05, 0.1) is 0 Å². The van der Waals surface area contributed by atoms with Crippen LogP contribution in [0.15, 0.2) is 97.1 Å². The van der Waals surface area contributed by atoms with E-state index in [1.807, 2.05) is 61.5 Å². The minimum Gasteiger partial charge on any atom is -0.354 e. The van der Waals surface area contributed by atoms with Gasteiger partial charge in [0, 0.05) is 31.5 Å². The molecule has 4 aromatic rings. The van der Waals surface area contributed by atoms with Crippen molar-refractivity contribution in [1.82, 2.24) is 10.2 Å². The lowest BCUT2D eigenvalue weighted by Crippen LogP contribution is -2.50. The maximum atomic E-state index is 14.7. The lowest BCUT2D eigenvalue weighted by atomic mass is 9.99. The minimum absolute atomic E-state index is 0.0259. The molecule has 0 radical (unpaired) electrons. The number of aryl methyl sites for hydroxylation is 1. The highest BCUT2D eigenvalue weighted by Crippen LogP contribution is 2.22. The highest BCUT2D eigenvalue weighted by molar-refractivity contribution is 5.89. The van der Waals surface area contributed by atoms with E-state index in [0.717, 1.165) is 28.3 Å². The largest absolute Gasteiger partial charge is 0.354 e. The average Bonchev–Trinajstić information content (AvgIpc) is 2.93. The summed E-state index contributed by atoms with van der Waals surface area (Å²) in [6.07, 6.45) is 1.88. The molecule has 0 heterocycles. The van der Waals surface area contributed by atoms with Gasteiger partial charge in [0.1, 0.15) is 11.9 Å². The average molecular weight is 497 g/mol. The van der Waals surface area contributed by atoms with Crippen molar-refractivity contribution < 1.29 is 14.0 Å². The molecule has 0 bridgehead atoms. The number of nitrogens with zero attached hydrogens (tertiary/aromatic N) is 1. The molecule has 0 saturated heterocycles. The number of fused-ring (bicyclic) bond motifs is 1. The Morgan fingerprint density at radius 1 is 0.838 bits per heavy atom. The molecule has 37 heavy (non-hydrogen) atoms. The number of amides is 2. The molecule has 190 valence electrons. The molecule has 0 saturated carbocycles. The van der Waals surface area contributed by atoms with Gasteiger partial charge in [-0.3, -0.25) is 9.59 Å². The third-order valence-corrected chi connectivity index (χ3v) is 6.61. The number of nitrogens with one attached hydrogen (secondary N) is 1. The van der Waals surface area contributed by atoms with E-state index in [2.05, 4.69) is 23.5 Å². The molecule has 0 aliphatic rings. The minimum atomic E-state index is -0.756. The fourth-order valence-electron chi connectivity index (χ4n) is 4.63. The van der Waals surface area contributed by atoms with Crippen LogP contribution in [0.2, 0.25) is 0 Å². The Bertz CT molecular complexity index is 1330. The third-order valence-electron chi connectivity index (χ3n) is 6.61. The molecule has 0 unspecified atom stereocenters. The standard InChI is InChI=1S/C32H33FN2O2/c1-2-21-34-32(37)30(22-24-11-4-3-5-12-24)35(23-27-14-7-9-18-29(27)33)31(36)20-19-26-16-10-15-25-13-6-8-17-28(25)26/h3-18,30H,2,19-23H2,1H3,(H,34,37)/t30-/m0/s1. The predicted molar refractivity (Wildman–Crippen MR) is 146 cm³/mol. The van der Waals surface area contributed by atoms with Crippen LogP contribution in [-0.4, -0.2) is 29.3 Å². The first kappa shape index (κ1) is 26.1. The Morgan fingerprint density at radius 2 is 1.51 bits per heavy atom. The highest BCUT2D eigenvalue weighted by Gasteiger charge is 2.30. The summed E-state index contributed by atoms with van der Waals surface area (Å²) in [4.78, 5) is 28.7. The molecule has 0 aliphatic heterocycles. The number of hydrogen-bond acceptors (Lipinski definition) is 2. The van der Waals surface area contributed by atoms with E-state index in [9.17, 15) is 14.0 Å². The van der Waals surface area contributed by atoms with Crippen molar-refractivity contribution in [3.05, 3.63) is 120 Å². The fourth-order valence-corrected chi connectivity index (χ4v) is 4.63. The van der Waals surface area contributed by atoms with Gasteiger partial charge in [0.15, 0.2) is 0 Å². The van der Waals surface area contributed by atoms with Gasteiger partial charge < -0.3 is 10.2 Å². The van der Waals surface area contributed by atoms with Crippen LogP contribution in [0, 0.1) is 5.82 Å². The van der Waals surface area contributed by atoms with Crippen molar-refractivity contribution in [1.29, 1.82) is 0 Å². The van der Waals surface area contributed by atoms with Crippen molar-refractivity contribution in [2.75, 3.05) is 6.54 Å². The maximum absolute atomic E-state index is 14.7. The maximum Gasteiger partial charge on any atom is 0.243 e.